The molecule has 0 saturated carbocycles. The largest absolute Gasteiger partial charge is 0.481 e. The molecule has 0 aromatic carbocycles. The Balaban J connectivity index is 3.63. The number of carbonyl (C=O) groups excluding carboxylic acids is 1. The highest BCUT2D eigenvalue weighted by Gasteiger charge is 2.27. The Morgan fingerprint density at radius 2 is 2.00 bits per heavy atom. The summed E-state index contributed by atoms with van der Waals surface area (Å²) < 4.78 is 35.0. The summed E-state index contributed by atoms with van der Waals surface area (Å²) >= 11 is 0.988. The molecule has 8 heteroatoms. The number of carboxylic acids is 1. The van der Waals surface area contributed by atoms with Crippen molar-refractivity contribution in [2.24, 2.45) is 5.92 Å². The molecule has 4 nitrogen and oxygen atoms in total. The fraction of sp³-hybridized carbons (Fsp3) is 0.750. The molecular formula is C8H12F3NO3S. The molecule has 0 bridgehead atoms. The average Bonchev–Trinajstić information content (AvgIpc) is 2.13. The first kappa shape index (κ1) is 15.1. The van der Waals surface area contributed by atoms with Gasteiger partial charge in [0.25, 0.3) is 0 Å². The molecule has 0 heterocycles. The van der Waals surface area contributed by atoms with Crippen molar-refractivity contribution in [3.63, 3.8) is 0 Å². The van der Waals surface area contributed by atoms with E-state index in [-0.39, 0.29) is 11.5 Å². The minimum absolute atomic E-state index is 0.173. The molecule has 0 aromatic heterocycles. The highest BCUT2D eigenvalue weighted by atomic mass is 32.2. The van der Waals surface area contributed by atoms with Crippen molar-refractivity contribution < 1.29 is 27.9 Å². The molecule has 16 heavy (non-hydrogen) atoms. The summed E-state index contributed by atoms with van der Waals surface area (Å²) in [5.41, 5.74) is 0. The number of hydrogen-bond donors (Lipinski definition) is 2. The predicted octanol–water partition coefficient (Wildman–Crippen LogP) is 1.12. The maximum atomic E-state index is 11.7. The molecule has 1 unspecified atom stereocenters. The van der Waals surface area contributed by atoms with E-state index in [0.717, 1.165) is 11.8 Å². The van der Waals surface area contributed by atoms with Gasteiger partial charge in [0.05, 0.1) is 11.7 Å². The molecule has 0 radical (unpaired) electrons. The van der Waals surface area contributed by atoms with E-state index in [0.29, 0.717) is 0 Å². The third-order valence-corrected chi connectivity index (χ3v) is 2.71. The first-order chi connectivity index (χ1) is 7.22. The Morgan fingerprint density at radius 3 is 2.44 bits per heavy atom. The summed E-state index contributed by atoms with van der Waals surface area (Å²) in [4.78, 5) is 21.2. The van der Waals surface area contributed by atoms with Gasteiger partial charge in [0, 0.05) is 5.75 Å². The van der Waals surface area contributed by atoms with Crippen LogP contribution in [0.1, 0.15) is 6.92 Å². The van der Waals surface area contributed by atoms with E-state index in [9.17, 15) is 22.8 Å². The van der Waals surface area contributed by atoms with Gasteiger partial charge in [0.2, 0.25) is 5.91 Å². The Kier molecular flexibility index (Phi) is 6.24. The summed E-state index contributed by atoms with van der Waals surface area (Å²) in [7, 11) is 0. The molecule has 0 spiro atoms. The first-order valence-corrected chi connectivity index (χ1v) is 5.52. The van der Waals surface area contributed by atoms with Crippen molar-refractivity contribution in [2.75, 3.05) is 18.1 Å². The lowest BCUT2D eigenvalue weighted by molar-refractivity contribution is -0.140. The van der Waals surface area contributed by atoms with Crippen LogP contribution >= 0.6 is 11.8 Å². The molecular weight excluding hydrogens is 247 g/mol. The van der Waals surface area contributed by atoms with E-state index in [1.54, 1.807) is 5.32 Å². The number of amides is 1. The Bertz CT molecular complexity index is 257. The molecule has 0 aliphatic carbocycles. The van der Waals surface area contributed by atoms with Crippen LogP contribution in [0.2, 0.25) is 0 Å². The molecule has 0 saturated heterocycles. The van der Waals surface area contributed by atoms with Crippen molar-refractivity contribution >= 4 is 23.6 Å². The van der Waals surface area contributed by atoms with E-state index in [2.05, 4.69) is 0 Å². The second kappa shape index (κ2) is 6.62. The van der Waals surface area contributed by atoms with Gasteiger partial charge in [-0.15, -0.1) is 0 Å². The maximum Gasteiger partial charge on any atom is 0.405 e. The molecule has 0 fully saturated rings. The quantitative estimate of drug-likeness (QED) is 0.750. The van der Waals surface area contributed by atoms with Gasteiger partial charge in [0.1, 0.15) is 6.54 Å². The normalized spacial score (nSPS) is 13.2. The fourth-order valence-electron chi connectivity index (χ4n) is 0.650. The molecule has 1 amide bonds. The number of halogens is 3. The number of nitrogens with one attached hydrogen (secondary N) is 1. The fourth-order valence-corrected chi connectivity index (χ4v) is 1.55. The summed E-state index contributed by atoms with van der Waals surface area (Å²) in [6.07, 6.45) is -4.42. The Labute approximate surface area is 94.6 Å². The van der Waals surface area contributed by atoms with Gasteiger partial charge in [0.15, 0.2) is 0 Å². The van der Waals surface area contributed by atoms with E-state index < -0.39 is 30.5 Å². The van der Waals surface area contributed by atoms with Gasteiger partial charge in [-0.25, -0.2) is 0 Å². The number of rotatable bonds is 6. The molecule has 94 valence electrons. The standard InChI is InChI=1S/C8H12F3NO3S/c1-5(7(14)15)2-16-3-6(13)12-4-8(9,10)11/h5H,2-4H2,1H3,(H,12,13)(H,14,15). The molecule has 0 aliphatic heterocycles. The summed E-state index contributed by atoms with van der Waals surface area (Å²) in [6.45, 7) is 0.101. The smallest absolute Gasteiger partial charge is 0.405 e. The van der Waals surface area contributed by atoms with Crippen LogP contribution in [-0.2, 0) is 9.59 Å². The minimum Gasteiger partial charge on any atom is -0.481 e. The van der Waals surface area contributed by atoms with Gasteiger partial charge in [-0.3, -0.25) is 9.59 Å². The van der Waals surface area contributed by atoms with Crippen LogP contribution in [-0.4, -0.2) is 41.2 Å². The van der Waals surface area contributed by atoms with Crippen molar-refractivity contribution in [1.82, 2.24) is 5.32 Å². The van der Waals surface area contributed by atoms with Crippen molar-refractivity contribution in [1.29, 1.82) is 0 Å². The second-order valence-electron chi connectivity index (χ2n) is 3.15. The zero-order valence-corrected chi connectivity index (χ0v) is 9.32. The van der Waals surface area contributed by atoms with Crippen LogP contribution < -0.4 is 5.32 Å². The van der Waals surface area contributed by atoms with Gasteiger partial charge in [-0.1, -0.05) is 6.92 Å². The van der Waals surface area contributed by atoms with Crippen molar-refractivity contribution in [3.05, 3.63) is 0 Å². The lowest BCUT2D eigenvalue weighted by atomic mass is 10.2. The minimum atomic E-state index is -4.42. The summed E-state index contributed by atoms with van der Waals surface area (Å²) in [6, 6.07) is 0. The summed E-state index contributed by atoms with van der Waals surface area (Å²) in [5.74, 6) is -2.36. The lowest BCUT2D eigenvalue weighted by Gasteiger charge is -2.08. The SMILES string of the molecule is CC(CSCC(=O)NCC(F)(F)F)C(=O)O. The second-order valence-corrected chi connectivity index (χ2v) is 4.18. The zero-order chi connectivity index (χ0) is 12.8. The van der Waals surface area contributed by atoms with E-state index in [4.69, 9.17) is 5.11 Å². The highest BCUT2D eigenvalue weighted by molar-refractivity contribution is 7.99. The zero-order valence-electron chi connectivity index (χ0n) is 8.50. The maximum absolute atomic E-state index is 11.7. The molecule has 0 aromatic rings. The predicted molar refractivity (Wildman–Crippen MR) is 53.2 cm³/mol. The number of hydrogen-bond acceptors (Lipinski definition) is 3. The van der Waals surface area contributed by atoms with Gasteiger partial charge in [-0.05, 0) is 0 Å². The monoisotopic (exact) mass is 259 g/mol. The van der Waals surface area contributed by atoms with Crippen molar-refractivity contribution in [2.45, 2.75) is 13.1 Å². The molecule has 1 atom stereocenters. The van der Waals surface area contributed by atoms with Crippen LogP contribution in [0.5, 0.6) is 0 Å². The van der Waals surface area contributed by atoms with Gasteiger partial charge >= 0.3 is 12.1 Å². The summed E-state index contributed by atoms with van der Waals surface area (Å²) in [5, 5.41) is 10.2. The number of thioether (sulfide) groups is 1. The first-order valence-electron chi connectivity index (χ1n) is 4.36. The topological polar surface area (TPSA) is 66.4 Å². The van der Waals surface area contributed by atoms with Crippen LogP contribution in [0.4, 0.5) is 13.2 Å². The number of aliphatic carboxylic acids is 1. The highest BCUT2D eigenvalue weighted by Crippen LogP contribution is 2.12. The average molecular weight is 259 g/mol. The Morgan fingerprint density at radius 1 is 1.44 bits per heavy atom. The van der Waals surface area contributed by atoms with Crippen molar-refractivity contribution in [3.8, 4) is 0 Å². The van der Waals surface area contributed by atoms with E-state index in [1.807, 2.05) is 0 Å². The Hall–Kier alpha value is -0.920. The third-order valence-electron chi connectivity index (χ3n) is 1.51. The van der Waals surface area contributed by atoms with Gasteiger partial charge < -0.3 is 10.4 Å². The van der Waals surface area contributed by atoms with E-state index in [1.165, 1.54) is 6.92 Å². The van der Waals surface area contributed by atoms with Gasteiger partial charge in [-0.2, -0.15) is 24.9 Å². The lowest BCUT2D eigenvalue weighted by Crippen LogP contribution is -2.34. The molecule has 0 rings (SSSR count). The van der Waals surface area contributed by atoms with Crippen LogP contribution in [0, 0.1) is 5.92 Å². The number of alkyl halides is 3. The van der Waals surface area contributed by atoms with E-state index >= 15 is 0 Å². The molecule has 2 N–H and O–H groups in total. The van der Waals surface area contributed by atoms with Crippen LogP contribution in [0.3, 0.4) is 0 Å². The van der Waals surface area contributed by atoms with Crippen LogP contribution in [0.15, 0.2) is 0 Å². The molecule has 0 aliphatic rings. The van der Waals surface area contributed by atoms with Crippen LogP contribution in [0.25, 0.3) is 0 Å². The third kappa shape index (κ3) is 8.39. The number of carbonyl (C=O) groups is 2. The number of carboxylic acid groups (broad SMARTS) is 1.